The molecule has 1 aromatic rings. The number of nitrogens with two attached hydrogens (primary N) is 1. The van der Waals surface area contributed by atoms with Crippen molar-refractivity contribution in [3.8, 4) is 0 Å². The van der Waals surface area contributed by atoms with Crippen LogP contribution < -0.4 is 5.73 Å². The number of amides is 1. The van der Waals surface area contributed by atoms with Crippen molar-refractivity contribution >= 4 is 18.3 Å². The molecule has 3 rings (SSSR count). The number of benzene rings is 1. The first-order chi connectivity index (χ1) is 11.1. The zero-order chi connectivity index (χ0) is 16.3. The number of likely N-dealkylation sites (tertiary alicyclic amines) is 1. The molecule has 2 aliphatic rings. The van der Waals surface area contributed by atoms with E-state index in [9.17, 15) is 4.79 Å². The third-order valence-corrected chi connectivity index (χ3v) is 5.93. The minimum Gasteiger partial charge on any atom is -0.342 e. The molecule has 3 atom stereocenters. The lowest BCUT2D eigenvalue weighted by Gasteiger charge is -2.26. The summed E-state index contributed by atoms with van der Waals surface area (Å²) < 4.78 is 0. The summed E-state index contributed by atoms with van der Waals surface area (Å²) in [7, 11) is 0. The second-order valence-electron chi connectivity index (χ2n) is 7.92. The van der Waals surface area contributed by atoms with Crippen LogP contribution in [0, 0.1) is 11.3 Å². The molecule has 1 saturated heterocycles. The number of carbonyl (C=O) groups excluding carboxylic acids is 1. The van der Waals surface area contributed by atoms with Crippen molar-refractivity contribution in [1.29, 1.82) is 0 Å². The topological polar surface area (TPSA) is 46.3 Å². The monoisotopic (exact) mass is 350 g/mol. The van der Waals surface area contributed by atoms with Crippen molar-refractivity contribution < 1.29 is 4.79 Å². The van der Waals surface area contributed by atoms with Crippen molar-refractivity contribution in [3.05, 3.63) is 35.9 Å². The van der Waals surface area contributed by atoms with E-state index in [-0.39, 0.29) is 23.9 Å². The predicted octanol–water partition coefficient (Wildman–Crippen LogP) is 3.80. The fraction of sp³-hybridized carbons (Fsp3) is 0.650. The van der Waals surface area contributed by atoms with Crippen molar-refractivity contribution in [1.82, 2.24) is 4.90 Å². The van der Waals surface area contributed by atoms with Crippen LogP contribution in [-0.4, -0.2) is 29.9 Å². The molecule has 1 aliphatic carbocycles. The Bertz CT molecular complexity index is 536. The van der Waals surface area contributed by atoms with E-state index >= 15 is 0 Å². The van der Waals surface area contributed by atoms with Gasteiger partial charge in [-0.2, -0.15) is 0 Å². The Balaban J connectivity index is 0.00000208. The maximum atomic E-state index is 12.6. The zero-order valence-electron chi connectivity index (χ0n) is 14.7. The van der Waals surface area contributed by atoms with E-state index in [1.54, 1.807) is 0 Å². The first kappa shape index (κ1) is 19.3. The Morgan fingerprint density at radius 1 is 1.29 bits per heavy atom. The molecule has 1 heterocycles. The number of carbonyl (C=O) groups is 1. The molecule has 2 N–H and O–H groups in total. The molecule has 1 aliphatic heterocycles. The van der Waals surface area contributed by atoms with Gasteiger partial charge in [0.05, 0.1) is 0 Å². The van der Waals surface area contributed by atoms with Crippen LogP contribution >= 0.6 is 12.4 Å². The largest absolute Gasteiger partial charge is 0.342 e. The van der Waals surface area contributed by atoms with Gasteiger partial charge in [0.1, 0.15) is 0 Å². The number of nitrogens with zero attached hydrogens (tertiary/aromatic N) is 1. The minimum atomic E-state index is 0. The van der Waals surface area contributed by atoms with E-state index in [2.05, 4.69) is 42.2 Å². The van der Waals surface area contributed by atoms with Gasteiger partial charge in [-0.05, 0) is 49.0 Å². The summed E-state index contributed by atoms with van der Waals surface area (Å²) in [6.07, 6.45) is 7.46. The van der Waals surface area contributed by atoms with E-state index in [0.717, 1.165) is 45.2 Å². The molecule has 0 aromatic heterocycles. The zero-order valence-corrected chi connectivity index (χ0v) is 15.6. The molecule has 2 fully saturated rings. The standard InChI is InChI=1S/C20H30N2O.ClH/c1-20(11-10-16-6-3-2-4-7-16)12-13-22(15-20)19(23)14-17-8-5-9-18(17)21;/h2-4,6-7,17-18H,5,8-15,21H2,1H3;1H/t17-,18+,20?;/m0./s1. The SMILES string of the molecule is CC1(CCc2ccccc2)CCN(C(=O)C[C@@H]2CCC[C@H]2N)C1.Cl. The number of hydrogen-bond acceptors (Lipinski definition) is 2. The van der Waals surface area contributed by atoms with Gasteiger partial charge in [-0.3, -0.25) is 4.79 Å². The number of rotatable bonds is 5. The van der Waals surface area contributed by atoms with Gasteiger partial charge >= 0.3 is 0 Å². The third kappa shape index (κ3) is 4.73. The molecule has 1 unspecified atom stereocenters. The molecule has 1 amide bonds. The Labute approximate surface area is 152 Å². The van der Waals surface area contributed by atoms with Crippen LogP contribution in [0.1, 0.15) is 51.0 Å². The van der Waals surface area contributed by atoms with Crippen LogP contribution in [-0.2, 0) is 11.2 Å². The Morgan fingerprint density at radius 3 is 2.71 bits per heavy atom. The van der Waals surface area contributed by atoms with Crippen LogP contribution in [0.4, 0.5) is 0 Å². The summed E-state index contributed by atoms with van der Waals surface area (Å²) in [6.45, 7) is 4.18. The average molecular weight is 351 g/mol. The highest BCUT2D eigenvalue weighted by Crippen LogP contribution is 2.36. The van der Waals surface area contributed by atoms with Gasteiger partial charge in [-0.15, -0.1) is 12.4 Å². The Hall–Kier alpha value is -1.06. The summed E-state index contributed by atoms with van der Waals surface area (Å²) in [5.74, 6) is 0.745. The van der Waals surface area contributed by atoms with Crippen molar-refractivity contribution in [3.63, 3.8) is 0 Å². The molecule has 134 valence electrons. The normalized spacial score (nSPS) is 29.5. The van der Waals surface area contributed by atoms with Gasteiger partial charge in [-0.1, -0.05) is 43.7 Å². The molecule has 1 aromatic carbocycles. The average Bonchev–Trinajstić information content (AvgIpc) is 3.14. The number of aryl methyl sites for hydroxylation is 1. The summed E-state index contributed by atoms with van der Waals surface area (Å²) >= 11 is 0. The minimum absolute atomic E-state index is 0. The third-order valence-electron chi connectivity index (χ3n) is 5.93. The van der Waals surface area contributed by atoms with Gasteiger partial charge in [-0.25, -0.2) is 0 Å². The summed E-state index contributed by atoms with van der Waals surface area (Å²) in [6, 6.07) is 10.9. The van der Waals surface area contributed by atoms with Crippen LogP contribution in [0.2, 0.25) is 0 Å². The van der Waals surface area contributed by atoms with Crippen LogP contribution in [0.3, 0.4) is 0 Å². The summed E-state index contributed by atoms with van der Waals surface area (Å²) in [5, 5.41) is 0. The predicted molar refractivity (Wildman–Crippen MR) is 101 cm³/mol. The van der Waals surface area contributed by atoms with Gasteiger partial charge in [0.15, 0.2) is 0 Å². The second kappa shape index (κ2) is 8.35. The van der Waals surface area contributed by atoms with Crippen LogP contribution in [0.15, 0.2) is 30.3 Å². The first-order valence-electron chi connectivity index (χ1n) is 9.13. The molecule has 3 nitrogen and oxygen atoms in total. The smallest absolute Gasteiger partial charge is 0.222 e. The Morgan fingerprint density at radius 2 is 2.04 bits per heavy atom. The molecule has 1 saturated carbocycles. The van der Waals surface area contributed by atoms with Crippen molar-refractivity contribution in [2.75, 3.05) is 13.1 Å². The number of hydrogen-bond donors (Lipinski definition) is 1. The van der Waals surface area contributed by atoms with Gasteiger partial charge in [0.2, 0.25) is 5.91 Å². The Kier molecular flexibility index (Phi) is 6.70. The van der Waals surface area contributed by atoms with E-state index in [4.69, 9.17) is 5.73 Å². The maximum Gasteiger partial charge on any atom is 0.222 e. The van der Waals surface area contributed by atoms with Gasteiger partial charge in [0.25, 0.3) is 0 Å². The summed E-state index contributed by atoms with van der Waals surface area (Å²) in [4.78, 5) is 14.7. The second-order valence-corrected chi connectivity index (χ2v) is 7.92. The highest BCUT2D eigenvalue weighted by molar-refractivity contribution is 5.85. The fourth-order valence-electron chi connectivity index (χ4n) is 4.20. The van der Waals surface area contributed by atoms with E-state index in [0.29, 0.717) is 18.2 Å². The van der Waals surface area contributed by atoms with Gasteiger partial charge in [0, 0.05) is 25.6 Å². The molecular formula is C20H31ClN2O. The van der Waals surface area contributed by atoms with Crippen LogP contribution in [0.25, 0.3) is 0 Å². The highest BCUT2D eigenvalue weighted by atomic mass is 35.5. The molecule has 4 heteroatoms. The summed E-state index contributed by atoms with van der Waals surface area (Å²) in [5.41, 5.74) is 7.79. The van der Waals surface area contributed by atoms with Gasteiger partial charge < -0.3 is 10.6 Å². The maximum absolute atomic E-state index is 12.6. The van der Waals surface area contributed by atoms with Crippen LogP contribution in [0.5, 0.6) is 0 Å². The molecule has 24 heavy (non-hydrogen) atoms. The lowest BCUT2D eigenvalue weighted by Crippen LogP contribution is -2.35. The lowest BCUT2D eigenvalue weighted by molar-refractivity contribution is -0.131. The molecule has 0 bridgehead atoms. The quantitative estimate of drug-likeness (QED) is 0.878. The molecular weight excluding hydrogens is 320 g/mol. The van der Waals surface area contributed by atoms with E-state index < -0.39 is 0 Å². The molecule has 0 spiro atoms. The van der Waals surface area contributed by atoms with Crippen molar-refractivity contribution in [2.45, 2.75) is 57.9 Å². The first-order valence-corrected chi connectivity index (χ1v) is 9.13. The molecule has 0 radical (unpaired) electrons. The highest BCUT2D eigenvalue weighted by Gasteiger charge is 2.37. The van der Waals surface area contributed by atoms with E-state index in [1.165, 1.54) is 12.0 Å². The fourth-order valence-corrected chi connectivity index (χ4v) is 4.20. The number of halogens is 1. The lowest BCUT2D eigenvalue weighted by atomic mass is 9.83. The van der Waals surface area contributed by atoms with Crippen molar-refractivity contribution in [2.24, 2.45) is 17.1 Å². The van der Waals surface area contributed by atoms with E-state index in [1.807, 2.05) is 0 Å².